The van der Waals surface area contributed by atoms with Gasteiger partial charge in [-0.2, -0.15) is 4.98 Å². The van der Waals surface area contributed by atoms with Gasteiger partial charge in [0.15, 0.2) is 0 Å². The maximum atomic E-state index is 9.59. The molecule has 2 aromatic carbocycles. The van der Waals surface area contributed by atoms with E-state index in [0.717, 1.165) is 42.0 Å². The molecule has 3 aromatic rings. The number of aryl methyl sites for hydroxylation is 2. The Hall–Kier alpha value is -1.96. The quantitative estimate of drug-likeness (QED) is 0.269. The van der Waals surface area contributed by atoms with E-state index in [4.69, 9.17) is 23.2 Å². The monoisotopic (exact) mass is 597 g/mol. The fourth-order valence-corrected chi connectivity index (χ4v) is 4.15. The predicted octanol–water partition coefficient (Wildman–Crippen LogP) is 7.13. The third-order valence-corrected chi connectivity index (χ3v) is 6.45. The Morgan fingerprint density at radius 2 is 1.71 bits per heavy atom. The van der Waals surface area contributed by atoms with Crippen LogP contribution in [-0.2, 0) is 4.57 Å². The molecule has 1 aliphatic rings. The average Bonchev–Trinajstić information content (AvgIpc) is 2.81. The Morgan fingerprint density at radius 3 is 2.37 bits per heavy atom. The molecule has 1 aromatic heterocycles. The van der Waals surface area contributed by atoms with Crippen LogP contribution >= 0.6 is 46.9 Å². The summed E-state index contributed by atoms with van der Waals surface area (Å²) in [7, 11) is -0.870. The first kappa shape index (κ1) is 27.6. The molecule has 1 saturated heterocycles. The molecule has 0 spiro atoms. The lowest BCUT2D eigenvalue weighted by Gasteiger charge is -2.30. The van der Waals surface area contributed by atoms with E-state index < -0.39 is 7.80 Å². The van der Waals surface area contributed by atoms with Crippen LogP contribution in [0.3, 0.4) is 0 Å². The molecule has 0 aliphatic carbocycles. The highest BCUT2D eigenvalue weighted by Crippen LogP contribution is 2.36. The smallest absolute Gasteiger partial charge is 0.332 e. The molecule has 0 bridgehead atoms. The Morgan fingerprint density at radius 1 is 1.03 bits per heavy atom. The number of hydrogen-bond acceptors (Lipinski definition) is 7. The number of rotatable bonds is 5. The van der Waals surface area contributed by atoms with Crippen LogP contribution in [0.15, 0.2) is 41.0 Å². The average molecular weight is 599 g/mol. The Bertz CT molecular complexity index is 1200. The van der Waals surface area contributed by atoms with Crippen molar-refractivity contribution in [1.29, 1.82) is 0 Å². The van der Waals surface area contributed by atoms with Gasteiger partial charge in [0.25, 0.3) is 0 Å². The van der Waals surface area contributed by atoms with Crippen molar-refractivity contribution in [2.45, 2.75) is 13.8 Å². The van der Waals surface area contributed by atoms with Crippen LogP contribution in [-0.4, -0.2) is 49.5 Å². The van der Waals surface area contributed by atoms with E-state index in [0.29, 0.717) is 27.5 Å². The summed E-state index contributed by atoms with van der Waals surface area (Å²) in [5.41, 5.74) is 5.00. The van der Waals surface area contributed by atoms with Gasteiger partial charge < -0.3 is 20.9 Å². The molecule has 0 amide bonds. The van der Waals surface area contributed by atoms with Crippen LogP contribution in [0.4, 0.5) is 28.8 Å². The van der Waals surface area contributed by atoms with Crippen LogP contribution in [0.2, 0.25) is 10.0 Å². The first-order valence-corrected chi connectivity index (χ1v) is 14.8. The maximum Gasteiger partial charge on any atom is 0.332 e. The third-order valence-electron chi connectivity index (χ3n) is 5.25. The van der Waals surface area contributed by atoms with Crippen molar-refractivity contribution in [1.82, 2.24) is 15.3 Å². The number of benzene rings is 2. The minimum Gasteiger partial charge on any atom is -0.368 e. The second kappa shape index (κ2) is 12.8. The molecule has 3 N–H and O–H groups in total. The molecule has 7 nitrogen and oxygen atoms in total. The van der Waals surface area contributed by atoms with Gasteiger partial charge in [0.05, 0.1) is 25.9 Å². The summed E-state index contributed by atoms with van der Waals surface area (Å²) in [6.07, 6.45) is 1.70. The summed E-state index contributed by atoms with van der Waals surface area (Å²) in [6.45, 7) is 11.2. The fourth-order valence-electron chi connectivity index (χ4n) is 3.37. The molecule has 0 saturated carbocycles. The zero-order chi connectivity index (χ0) is 25.5. The highest BCUT2D eigenvalue weighted by Gasteiger charge is 2.17. The Balaban J connectivity index is 0.000000795. The SMILES string of the molecule is C[P+](C)=O.Cc1ccc(Nc2nc(Nc3cc(Cl)c(N4CCNCC4)cc3Cl)ncc2Br)cc1C. The van der Waals surface area contributed by atoms with E-state index in [1.807, 2.05) is 18.2 Å². The first-order chi connectivity index (χ1) is 16.6. The van der Waals surface area contributed by atoms with Crippen molar-refractivity contribution in [2.24, 2.45) is 0 Å². The standard InChI is InChI=1S/C22H23BrCl2N6.C2H6OP/c1-13-3-4-15(9-14(13)2)28-21-16(23)12-27-22(30-21)29-19-10-18(25)20(11-17(19)24)31-7-5-26-6-8-31;1-4(2)3/h3-4,9-12,26H,5-8H2,1-2H3,(H2,27,28,29,30);1-2H3/q;+1. The molecule has 0 atom stereocenters. The maximum absolute atomic E-state index is 9.59. The molecule has 2 heterocycles. The van der Waals surface area contributed by atoms with Gasteiger partial charge in [-0.3, -0.25) is 0 Å². The molecule has 11 heteroatoms. The largest absolute Gasteiger partial charge is 0.368 e. The number of piperazine rings is 1. The molecule has 186 valence electrons. The highest BCUT2D eigenvalue weighted by atomic mass is 79.9. The van der Waals surface area contributed by atoms with E-state index in [-0.39, 0.29) is 0 Å². The Labute approximate surface area is 225 Å². The third kappa shape index (κ3) is 8.02. The fraction of sp³-hybridized carbons (Fsp3) is 0.333. The van der Waals surface area contributed by atoms with Gasteiger partial charge in [0.1, 0.15) is 19.1 Å². The van der Waals surface area contributed by atoms with Gasteiger partial charge >= 0.3 is 7.80 Å². The van der Waals surface area contributed by atoms with Crippen LogP contribution in [0.1, 0.15) is 11.1 Å². The van der Waals surface area contributed by atoms with Gasteiger partial charge in [0.2, 0.25) is 5.95 Å². The van der Waals surface area contributed by atoms with Crippen LogP contribution in [0.25, 0.3) is 0 Å². The highest BCUT2D eigenvalue weighted by molar-refractivity contribution is 9.10. The summed E-state index contributed by atoms with van der Waals surface area (Å²) in [5.74, 6) is 1.07. The van der Waals surface area contributed by atoms with E-state index in [1.54, 1.807) is 19.5 Å². The summed E-state index contributed by atoms with van der Waals surface area (Å²) in [4.78, 5) is 11.2. The van der Waals surface area contributed by atoms with Crippen LogP contribution < -0.4 is 20.9 Å². The van der Waals surface area contributed by atoms with Crippen molar-refractivity contribution in [3.63, 3.8) is 0 Å². The molecular formula is C24H29BrCl2N6OP+. The molecule has 1 fully saturated rings. The minimum atomic E-state index is -0.870. The lowest BCUT2D eigenvalue weighted by atomic mass is 10.1. The van der Waals surface area contributed by atoms with Crippen molar-refractivity contribution >= 4 is 75.8 Å². The van der Waals surface area contributed by atoms with Gasteiger partial charge in [0, 0.05) is 38.1 Å². The first-order valence-electron chi connectivity index (χ1n) is 11.1. The van der Waals surface area contributed by atoms with Gasteiger partial charge in [-0.1, -0.05) is 33.8 Å². The second-order valence-electron chi connectivity index (χ2n) is 8.27. The van der Waals surface area contributed by atoms with Gasteiger partial charge in [-0.15, -0.1) is 0 Å². The van der Waals surface area contributed by atoms with Gasteiger partial charge in [-0.05, 0) is 65.2 Å². The summed E-state index contributed by atoms with van der Waals surface area (Å²) < 4.78 is 10.4. The predicted molar refractivity (Wildman–Crippen MR) is 153 cm³/mol. The Kier molecular flexibility index (Phi) is 10.1. The summed E-state index contributed by atoms with van der Waals surface area (Å²) in [6, 6.07) is 9.90. The zero-order valence-corrected chi connectivity index (χ0v) is 24.1. The molecule has 0 radical (unpaired) electrons. The minimum absolute atomic E-state index is 0.419. The number of aromatic nitrogens is 2. The zero-order valence-electron chi connectivity index (χ0n) is 20.1. The molecule has 4 rings (SSSR count). The number of nitrogens with one attached hydrogen (secondary N) is 3. The van der Waals surface area contributed by atoms with E-state index >= 15 is 0 Å². The number of nitrogens with zero attached hydrogens (tertiary/aromatic N) is 3. The summed E-state index contributed by atoms with van der Waals surface area (Å²) in [5, 5.41) is 11.1. The van der Waals surface area contributed by atoms with Crippen molar-refractivity contribution in [2.75, 3.05) is 55.0 Å². The molecule has 0 unspecified atom stereocenters. The van der Waals surface area contributed by atoms with Crippen LogP contribution in [0, 0.1) is 13.8 Å². The lowest BCUT2D eigenvalue weighted by molar-refractivity contribution is 0.589. The normalized spacial score (nSPS) is 13.1. The second-order valence-corrected chi connectivity index (χ2v) is 11.6. The van der Waals surface area contributed by atoms with E-state index in [1.165, 1.54) is 11.1 Å². The topological polar surface area (TPSA) is 82.2 Å². The van der Waals surface area contributed by atoms with Crippen LogP contribution in [0.5, 0.6) is 0 Å². The van der Waals surface area contributed by atoms with E-state index in [9.17, 15) is 4.57 Å². The number of hydrogen-bond donors (Lipinski definition) is 3. The van der Waals surface area contributed by atoms with E-state index in [2.05, 4.69) is 72.7 Å². The summed E-state index contributed by atoms with van der Waals surface area (Å²) >= 11 is 16.6. The van der Waals surface area contributed by atoms with Crippen molar-refractivity contribution in [3.8, 4) is 0 Å². The van der Waals surface area contributed by atoms with Gasteiger partial charge in [-0.25, -0.2) is 4.98 Å². The van der Waals surface area contributed by atoms with Crippen molar-refractivity contribution in [3.05, 3.63) is 62.2 Å². The van der Waals surface area contributed by atoms with Crippen molar-refractivity contribution < 1.29 is 4.57 Å². The number of anilines is 5. The molecular weight excluding hydrogens is 570 g/mol. The molecule has 1 aliphatic heterocycles. The lowest BCUT2D eigenvalue weighted by Crippen LogP contribution is -2.43. The number of halogens is 3. The molecule has 35 heavy (non-hydrogen) atoms.